The second kappa shape index (κ2) is 5.55. The van der Waals surface area contributed by atoms with Crippen molar-refractivity contribution in [2.45, 2.75) is 46.0 Å². The first-order valence-corrected chi connectivity index (χ1v) is 6.97. The molecule has 1 saturated heterocycles. The van der Waals surface area contributed by atoms with Crippen LogP contribution in [0.3, 0.4) is 0 Å². The van der Waals surface area contributed by atoms with Crippen molar-refractivity contribution in [1.29, 1.82) is 0 Å². The molecule has 2 heteroatoms. The van der Waals surface area contributed by atoms with Crippen molar-refractivity contribution in [1.82, 2.24) is 4.90 Å². The van der Waals surface area contributed by atoms with Crippen LogP contribution in [0.5, 0.6) is 0 Å². The fourth-order valence-electron chi connectivity index (χ4n) is 2.88. The maximum atomic E-state index is 11.7. The van der Waals surface area contributed by atoms with E-state index >= 15 is 0 Å². The highest BCUT2D eigenvalue weighted by Gasteiger charge is 2.23. The number of rotatable bonds is 2. The molecule has 1 aromatic rings. The quantitative estimate of drug-likeness (QED) is 0.782. The number of carbonyl (C=O) groups excluding carboxylic acids is 1. The first-order valence-electron chi connectivity index (χ1n) is 6.97. The zero-order valence-electron chi connectivity index (χ0n) is 11.7. The highest BCUT2D eigenvalue weighted by Crippen LogP contribution is 2.31. The minimum atomic E-state index is 0.300. The molecule has 2 rings (SSSR count). The molecule has 0 saturated carbocycles. The zero-order valence-corrected chi connectivity index (χ0v) is 11.7. The Morgan fingerprint density at radius 3 is 2.56 bits per heavy atom. The fraction of sp³-hybridized carbons (Fsp3) is 0.562. The third kappa shape index (κ3) is 2.58. The van der Waals surface area contributed by atoms with Crippen LogP contribution in [-0.4, -0.2) is 23.9 Å². The summed E-state index contributed by atoms with van der Waals surface area (Å²) in [5.41, 5.74) is 4.29. The number of hydrogen-bond donors (Lipinski definition) is 0. The standard InChI is InChI=1S/C16H23NO/c1-4-16(18)17-10-8-14(9-11-17)15-7-5-6-12(2)13(15)3/h5-7,14H,4,8-11H2,1-3H3. The Morgan fingerprint density at radius 1 is 1.28 bits per heavy atom. The Kier molecular flexibility index (Phi) is 4.05. The van der Waals surface area contributed by atoms with Gasteiger partial charge in [-0.2, -0.15) is 0 Å². The predicted molar refractivity (Wildman–Crippen MR) is 74.8 cm³/mol. The first-order chi connectivity index (χ1) is 8.63. The van der Waals surface area contributed by atoms with Gasteiger partial charge in [0, 0.05) is 19.5 Å². The molecule has 0 aliphatic carbocycles. The molecular weight excluding hydrogens is 222 g/mol. The number of likely N-dealkylation sites (tertiary alicyclic amines) is 1. The van der Waals surface area contributed by atoms with E-state index in [0.29, 0.717) is 18.2 Å². The molecule has 2 nitrogen and oxygen atoms in total. The summed E-state index contributed by atoms with van der Waals surface area (Å²) in [4.78, 5) is 13.7. The van der Waals surface area contributed by atoms with Crippen molar-refractivity contribution >= 4 is 5.91 Å². The minimum Gasteiger partial charge on any atom is -0.343 e. The maximum absolute atomic E-state index is 11.7. The Balaban J connectivity index is 2.06. The van der Waals surface area contributed by atoms with Gasteiger partial charge in [0.1, 0.15) is 0 Å². The summed E-state index contributed by atoms with van der Waals surface area (Å²) < 4.78 is 0. The SMILES string of the molecule is CCC(=O)N1CCC(c2cccc(C)c2C)CC1. The summed E-state index contributed by atoms with van der Waals surface area (Å²) in [7, 11) is 0. The summed E-state index contributed by atoms with van der Waals surface area (Å²) in [5.74, 6) is 0.931. The Labute approximate surface area is 110 Å². The normalized spacial score (nSPS) is 16.9. The number of benzene rings is 1. The van der Waals surface area contributed by atoms with Crippen molar-refractivity contribution in [3.05, 3.63) is 34.9 Å². The Bertz CT molecular complexity index is 431. The monoisotopic (exact) mass is 245 g/mol. The van der Waals surface area contributed by atoms with E-state index in [2.05, 4.69) is 32.0 Å². The molecule has 0 bridgehead atoms. The van der Waals surface area contributed by atoms with Gasteiger partial charge in [0.25, 0.3) is 0 Å². The van der Waals surface area contributed by atoms with Gasteiger partial charge in [-0.1, -0.05) is 25.1 Å². The lowest BCUT2D eigenvalue weighted by atomic mass is 9.85. The molecule has 98 valence electrons. The van der Waals surface area contributed by atoms with Gasteiger partial charge < -0.3 is 4.90 Å². The van der Waals surface area contributed by atoms with E-state index in [1.54, 1.807) is 0 Å². The van der Waals surface area contributed by atoms with Crippen LogP contribution in [0.2, 0.25) is 0 Å². The van der Waals surface area contributed by atoms with Crippen LogP contribution in [0.15, 0.2) is 18.2 Å². The second-order valence-electron chi connectivity index (χ2n) is 5.30. The molecule has 0 aromatic heterocycles. The van der Waals surface area contributed by atoms with Crippen LogP contribution in [0.4, 0.5) is 0 Å². The number of nitrogens with zero attached hydrogens (tertiary/aromatic N) is 1. The van der Waals surface area contributed by atoms with Crippen molar-refractivity contribution in [2.75, 3.05) is 13.1 Å². The third-order valence-electron chi connectivity index (χ3n) is 4.24. The summed E-state index contributed by atoms with van der Waals surface area (Å²) in [6, 6.07) is 6.58. The van der Waals surface area contributed by atoms with Gasteiger partial charge in [0.05, 0.1) is 0 Å². The van der Waals surface area contributed by atoms with E-state index < -0.39 is 0 Å². The molecule has 0 N–H and O–H groups in total. The van der Waals surface area contributed by atoms with E-state index in [-0.39, 0.29) is 0 Å². The minimum absolute atomic E-state index is 0.300. The molecule has 0 spiro atoms. The molecule has 1 aliphatic rings. The van der Waals surface area contributed by atoms with Crippen molar-refractivity contribution < 1.29 is 4.79 Å². The molecule has 1 aromatic carbocycles. The Morgan fingerprint density at radius 2 is 1.94 bits per heavy atom. The van der Waals surface area contributed by atoms with E-state index in [4.69, 9.17) is 0 Å². The van der Waals surface area contributed by atoms with E-state index in [0.717, 1.165) is 25.9 Å². The van der Waals surface area contributed by atoms with Crippen LogP contribution < -0.4 is 0 Å². The number of aryl methyl sites for hydroxylation is 1. The van der Waals surface area contributed by atoms with Gasteiger partial charge in [-0.05, 0) is 49.3 Å². The lowest BCUT2D eigenvalue weighted by molar-refractivity contribution is -0.131. The maximum Gasteiger partial charge on any atom is 0.222 e. The molecule has 0 unspecified atom stereocenters. The molecule has 18 heavy (non-hydrogen) atoms. The highest BCUT2D eigenvalue weighted by atomic mass is 16.2. The zero-order chi connectivity index (χ0) is 13.1. The number of amides is 1. The highest BCUT2D eigenvalue weighted by molar-refractivity contribution is 5.75. The summed E-state index contributed by atoms with van der Waals surface area (Å²) in [5, 5.41) is 0. The molecule has 0 atom stereocenters. The topological polar surface area (TPSA) is 20.3 Å². The molecular formula is C16H23NO. The smallest absolute Gasteiger partial charge is 0.222 e. The number of carbonyl (C=O) groups is 1. The first kappa shape index (κ1) is 13.1. The van der Waals surface area contributed by atoms with Crippen LogP contribution >= 0.6 is 0 Å². The van der Waals surface area contributed by atoms with Gasteiger partial charge in [0.15, 0.2) is 0 Å². The summed E-state index contributed by atoms with van der Waals surface area (Å²) in [6.45, 7) is 8.18. The summed E-state index contributed by atoms with van der Waals surface area (Å²) >= 11 is 0. The van der Waals surface area contributed by atoms with Gasteiger partial charge in [-0.3, -0.25) is 4.79 Å². The van der Waals surface area contributed by atoms with Gasteiger partial charge >= 0.3 is 0 Å². The largest absolute Gasteiger partial charge is 0.343 e. The number of hydrogen-bond acceptors (Lipinski definition) is 1. The van der Waals surface area contributed by atoms with E-state index in [9.17, 15) is 4.79 Å². The van der Waals surface area contributed by atoms with Crippen LogP contribution in [0, 0.1) is 13.8 Å². The molecule has 1 amide bonds. The number of piperidine rings is 1. The molecule has 1 aliphatic heterocycles. The van der Waals surface area contributed by atoms with Gasteiger partial charge in [0.2, 0.25) is 5.91 Å². The molecule has 1 heterocycles. The summed E-state index contributed by atoms with van der Waals surface area (Å²) in [6.07, 6.45) is 2.85. The van der Waals surface area contributed by atoms with Crippen molar-refractivity contribution in [3.63, 3.8) is 0 Å². The van der Waals surface area contributed by atoms with Crippen LogP contribution in [-0.2, 0) is 4.79 Å². The fourth-order valence-corrected chi connectivity index (χ4v) is 2.88. The third-order valence-corrected chi connectivity index (χ3v) is 4.24. The second-order valence-corrected chi connectivity index (χ2v) is 5.30. The van der Waals surface area contributed by atoms with Crippen LogP contribution in [0.1, 0.15) is 48.8 Å². The van der Waals surface area contributed by atoms with Crippen molar-refractivity contribution in [2.24, 2.45) is 0 Å². The molecule has 1 fully saturated rings. The predicted octanol–water partition coefficient (Wildman–Crippen LogP) is 3.42. The van der Waals surface area contributed by atoms with E-state index in [1.165, 1.54) is 16.7 Å². The van der Waals surface area contributed by atoms with Gasteiger partial charge in [-0.15, -0.1) is 0 Å². The molecule has 0 radical (unpaired) electrons. The Hall–Kier alpha value is -1.31. The lowest BCUT2D eigenvalue weighted by Gasteiger charge is -2.33. The average molecular weight is 245 g/mol. The van der Waals surface area contributed by atoms with Crippen LogP contribution in [0.25, 0.3) is 0 Å². The van der Waals surface area contributed by atoms with Gasteiger partial charge in [-0.25, -0.2) is 0 Å². The van der Waals surface area contributed by atoms with Crippen molar-refractivity contribution in [3.8, 4) is 0 Å². The van der Waals surface area contributed by atoms with E-state index in [1.807, 2.05) is 11.8 Å². The lowest BCUT2D eigenvalue weighted by Crippen LogP contribution is -2.37. The average Bonchev–Trinajstić information content (AvgIpc) is 2.41.